The zero-order valence-electron chi connectivity index (χ0n) is 10.6. The van der Waals surface area contributed by atoms with Gasteiger partial charge in [-0.05, 0) is 24.3 Å². The van der Waals surface area contributed by atoms with Crippen molar-refractivity contribution in [3.63, 3.8) is 0 Å². The van der Waals surface area contributed by atoms with Crippen molar-refractivity contribution in [2.24, 2.45) is 0 Å². The number of hydrogen-bond donors (Lipinski definition) is 2. The van der Waals surface area contributed by atoms with Crippen LogP contribution in [0.2, 0.25) is 0 Å². The summed E-state index contributed by atoms with van der Waals surface area (Å²) >= 11 is 1.18. The zero-order chi connectivity index (χ0) is 15.3. The molecule has 21 heavy (non-hydrogen) atoms. The molecule has 2 aromatic rings. The van der Waals surface area contributed by atoms with Crippen LogP contribution in [0.15, 0.2) is 34.7 Å². The van der Waals surface area contributed by atoms with Gasteiger partial charge < -0.3 is 0 Å². The first-order chi connectivity index (χ1) is 10.0. The smallest absolute Gasteiger partial charge is 0.257 e. The number of nitrogens with one attached hydrogen (secondary N) is 2. The number of anilines is 1. The fourth-order valence-electron chi connectivity index (χ4n) is 1.40. The molecule has 0 aliphatic heterocycles. The van der Waals surface area contributed by atoms with E-state index in [1.807, 2.05) is 0 Å². The predicted octanol–water partition coefficient (Wildman–Crippen LogP) is 0.702. The standard InChI is InChI=1S/C12H10N4O3S2/c1-2-7-14-21(18,19)10-5-3-9(4-6-10)11(17)15-12-16-13-8-20-12/h1,3-6,8,14H,7H2,(H,15,16,17). The molecule has 0 radical (unpaired) electrons. The lowest BCUT2D eigenvalue weighted by atomic mass is 10.2. The lowest BCUT2D eigenvalue weighted by Crippen LogP contribution is -2.24. The van der Waals surface area contributed by atoms with Gasteiger partial charge in [-0.2, -0.15) is 4.72 Å². The number of carbonyl (C=O) groups is 1. The highest BCUT2D eigenvalue weighted by Crippen LogP contribution is 2.13. The minimum absolute atomic E-state index is 0.0326. The molecule has 9 heteroatoms. The summed E-state index contributed by atoms with van der Waals surface area (Å²) in [5.41, 5.74) is 1.80. The van der Waals surface area contributed by atoms with Gasteiger partial charge in [-0.3, -0.25) is 10.1 Å². The van der Waals surface area contributed by atoms with Crippen LogP contribution in [0.3, 0.4) is 0 Å². The molecule has 0 atom stereocenters. The summed E-state index contributed by atoms with van der Waals surface area (Å²) in [7, 11) is -3.66. The van der Waals surface area contributed by atoms with Crippen LogP contribution < -0.4 is 10.0 Å². The Balaban J connectivity index is 2.12. The molecule has 1 aromatic heterocycles. The summed E-state index contributed by atoms with van der Waals surface area (Å²) in [5.74, 6) is 1.79. The van der Waals surface area contributed by atoms with E-state index >= 15 is 0 Å². The minimum Gasteiger partial charge on any atom is -0.296 e. The van der Waals surface area contributed by atoms with Gasteiger partial charge >= 0.3 is 0 Å². The summed E-state index contributed by atoms with van der Waals surface area (Å²) in [6, 6.07) is 5.46. The van der Waals surface area contributed by atoms with E-state index in [2.05, 4.69) is 26.2 Å². The van der Waals surface area contributed by atoms with Crippen molar-refractivity contribution in [2.75, 3.05) is 11.9 Å². The van der Waals surface area contributed by atoms with Crippen LogP contribution in [0.4, 0.5) is 5.13 Å². The molecule has 0 saturated carbocycles. The van der Waals surface area contributed by atoms with Crippen molar-refractivity contribution < 1.29 is 13.2 Å². The van der Waals surface area contributed by atoms with Gasteiger partial charge in [0.25, 0.3) is 5.91 Å². The molecular weight excluding hydrogens is 312 g/mol. The van der Waals surface area contributed by atoms with Crippen LogP contribution in [0, 0.1) is 12.3 Å². The van der Waals surface area contributed by atoms with Gasteiger partial charge in [0.05, 0.1) is 11.4 Å². The third kappa shape index (κ3) is 3.85. The average Bonchev–Trinajstić information content (AvgIpc) is 2.98. The predicted molar refractivity (Wildman–Crippen MR) is 78.3 cm³/mol. The Morgan fingerprint density at radius 2 is 2.05 bits per heavy atom. The maximum Gasteiger partial charge on any atom is 0.257 e. The molecule has 0 aliphatic carbocycles. The van der Waals surface area contributed by atoms with Crippen LogP contribution in [0.25, 0.3) is 0 Å². The fraction of sp³-hybridized carbons (Fsp3) is 0.0833. The maximum absolute atomic E-state index is 11.9. The van der Waals surface area contributed by atoms with Crippen molar-refractivity contribution in [2.45, 2.75) is 4.90 Å². The zero-order valence-corrected chi connectivity index (χ0v) is 12.2. The number of terminal acetylenes is 1. The lowest BCUT2D eigenvalue weighted by Gasteiger charge is -2.05. The number of sulfonamides is 1. The Hall–Kier alpha value is -2.28. The summed E-state index contributed by atoms with van der Waals surface area (Å²) in [6.07, 6.45) is 5.00. The number of amides is 1. The second-order valence-corrected chi connectivity index (χ2v) is 6.35. The molecule has 7 nitrogen and oxygen atoms in total. The van der Waals surface area contributed by atoms with E-state index in [-0.39, 0.29) is 11.4 Å². The van der Waals surface area contributed by atoms with E-state index < -0.39 is 15.9 Å². The molecule has 1 amide bonds. The first-order valence-corrected chi connectivity index (χ1v) is 8.00. The fourth-order valence-corrected chi connectivity index (χ4v) is 2.78. The maximum atomic E-state index is 11.9. The number of carbonyl (C=O) groups excluding carboxylic acids is 1. The molecule has 108 valence electrons. The molecular formula is C12H10N4O3S2. The molecule has 0 saturated heterocycles. The third-order valence-electron chi connectivity index (χ3n) is 2.37. The molecule has 1 heterocycles. The molecule has 0 spiro atoms. The monoisotopic (exact) mass is 322 g/mol. The van der Waals surface area contributed by atoms with Gasteiger partial charge in [0.2, 0.25) is 15.2 Å². The van der Waals surface area contributed by atoms with Crippen LogP contribution in [0.1, 0.15) is 10.4 Å². The SMILES string of the molecule is C#CCNS(=O)(=O)c1ccc(C(=O)Nc2nncs2)cc1. The normalized spacial score (nSPS) is 10.8. The Bertz CT molecular complexity index is 762. The van der Waals surface area contributed by atoms with Gasteiger partial charge in [0, 0.05) is 5.56 Å². The topological polar surface area (TPSA) is 101 Å². The second kappa shape index (κ2) is 6.45. The van der Waals surface area contributed by atoms with Crippen molar-refractivity contribution in [3.05, 3.63) is 35.3 Å². The number of aromatic nitrogens is 2. The van der Waals surface area contributed by atoms with Crippen molar-refractivity contribution in [1.29, 1.82) is 0 Å². The van der Waals surface area contributed by atoms with Crippen molar-refractivity contribution in [3.8, 4) is 12.3 Å². The molecule has 1 aromatic carbocycles. The van der Waals surface area contributed by atoms with Crippen molar-refractivity contribution >= 4 is 32.4 Å². The molecule has 0 aliphatic rings. The van der Waals surface area contributed by atoms with Crippen molar-refractivity contribution in [1.82, 2.24) is 14.9 Å². The Labute approximate surface area is 125 Å². The third-order valence-corrected chi connectivity index (χ3v) is 4.40. The highest BCUT2D eigenvalue weighted by atomic mass is 32.2. The largest absolute Gasteiger partial charge is 0.296 e. The average molecular weight is 322 g/mol. The molecule has 0 unspecified atom stereocenters. The number of rotatable bonds is 5. The highest BCUT2D eigenvalue weighted by Gasteiger charge is 2.14. The summed E-state index contributed by atoms with van der Waals surface area (Å²) in [4.78, 5) is 11.9. The summed E-state index contributed by atoms with van der Waals surface area (Å²) in [6.45, 7) is -0.0956. The molecule has 2 rings (SSSR count). The summed E-state index contributed by atoms with van der Waals surface area (Å²) < 4.78 is 25.8. The first-order valence-electron chi connectivity index (χ1n) is 5.63. The van der Waals surface area contributed by atoms with Crippen LogP contribution in [0.5, 0.6) is 0 Å². The number of benzene rings is 1. The quantitative estimate of drug-likeness (QED) is 0.789. The van der Waals surface area contributed by atoms with Gasteiger partial charge in [-0.1, -0.05) is 17.3 Å². The highest BCUT2D eigenvalue weighted by molar-refractivity contribution is 7.89. The number of nitrogens with zero attached hydrogens (tertiary/aromatic N) is 2. The van der Waals surface area contributed by atoms with Gasteiger partial charge in [-0.15, -0.1) is 16.6 Å². The van der Waals surface area contributed by atoms with Crippen LogP contribution in [-0.4, -0.2) is 31.1 Å². The minimum atomic E-state index is -3.66. The summed E-state index contributed by atoms with van der Waals surface area (Å²) in [5, 5.41) is 10.2. The first kappa shape index (κ1) is 15.1. The van der Waals surface area contributed by atoms with Crippen LogP contribution >= 0.6 is 11.3 Å². The van der Waals surface area contributed by atoms with E-state index in [9.17, 15) is 13.2 Å². The van der Waals surface area contributed by atoms with E-state index in [0.717, 1.165) is 0 Å². The van der Waals surface area contributed by atoms with E-state index in [4.69, 9.17) is 6.42 Å². The van der Waals surface area contributed by atoms with Gasteiger partial charge in [-0.25, -0.2) is 8.42 Å². The molecule has 0 fully saturated rings. The molecule has 2 N–H and O–H groups in total. The molecule has 0 bridgehead atoms. The Morgan fingerprint density at radius 1 is 1.33 bits per heavy atom. The Kier molecular flexibility index (Phi) is 4.64. The van der Waals surface area contributed by atoms with E-state index in [0.29, 0.717) is 10.7 Å². The van der Waals surface area contributed by atoms with Gasteiger partial charge in [0.1, 0.15) is 5.51 Å². The lowest BCUT2D eigenvalue weighted by molar-refractivity contribution is 0.102. The van der Waals surface area contributed by atoms with Crippen LogP contribution in [-0.2, 0) is 10.0 Å². The second-order valence-electron chi connectivity index (χ2n) is 3.75. The van der Waals surface area contributed by atoms with E-state index in [1.165, 1.54) is 41.1 Å². The number of hydrogen-bond acceptors (Lipinski definition) is 6. The van der Waals surface area contributed by atoms with E-state index in [1.54, 1.807) is 0 Å². The van der Waals surface area contributed by atoms with Gasteiger partial charge in [0.15, 0.2) is 0 Å². The Morgan fingerprint density at radius 3 is 2.62 bits per heavy atom.